The Morgan fingerprint density at radius 2 is 2.25 bits per heavy atom. The van der Waals surface area contributed by atoms with Gasteiger partial charge in [-0.1, -0.05) is 6.92 Å². The molecule has 0 saturated carbocycles. The molecule has 1 aromatic rings. The third-order valence-electron chi connectivity index (χ3n) is 2.86. The Balaban J connectivity index is 2.96. The van der Waals surface area contributed by atoms with Crippen LogP contribution in [0.2, 0.25) is 0 Å². The third kappa shape index (κ3) is 3.06. The molecule has 0 aliphatic carbocycles. The van der Waals surface area contributed by atoms with Gasteiger partial charge in [0.2, 0.25) is 0 Å². The number of rotatable bonds is 6. The van der Waals surface area contributed by atoms with Crippen molar-refractivity contribution < 1.29 is 5.11 Å². The van der Waals surface area contributed by atoms with Gasteiger partial charge in [0.25, 0.3) is 0 Å². The zero-order valence-electron chi connectivity index (χ0n) is 10.5. The molecule has 0 spiro atoms. The fourth-order valence-electron chi connectivity index (χ4n) is 2.07. The summed E-state index contributed by atoms with van der Waals surface area (Å²) in [5, 5.41) is 13.4. The molecule has 0 aliphatic rings. The minimum absolute atomic E-state index is 0.145. The zero-order chi connectivity index (χ0) is 12.2. The number of aliphatic hydroxyl groups excluding tert-OH is 1. The molecule has 0 bridgehead atoms. The standard InChI is InChI=1S/C12H23N3O/c1-4-8-15-11(5-7-14-15)10(6-9-16)12(2,3)13/h5,7,10,16H,4,6,8-9,13H2,1-3H3. The quantitative estimate of drug-likeness (QED) is 0.771. The Bertz CT molecular complexity index is 314. The highest BCUT2D eigenvalue weighted by Gasteiger charge is 2.28. The number of hydrogen-bond donors (Lipinski definition) is 2. The summed E-state index contributed by atoms with van der Waals surface area (Å²) in [5.41, 5.74) is 6.96. The molecule has 1 rings (SSSR count). The highest BCUT2D eigenvalue weighted by molar-refractivity contribution is 5.14. The Labute approximate surface area is 97.5 Å². The predicted octanol–water partition coefficient (Wildman–Crippen LogP) is 1.50. The summed E-state index contributed by atoms with van der Waals surface area (Å²) < 4.78 is 1.99. The molecular weight excluding hydrogens is 202 g/mol. The summed E-state index contributed by atoms with van der Waals surface area (Å²) in [6.07, 6.45) is 3.53. The molecule has 0 aliphatic heterocycles. The van der Waals surface area contributed by atoms with E-state index in [1.807, 2.05) is 24.6 Å². The van der Waals surface area contributed by atoms with E-state index in [0.717, 1.165) is 18.7 Å². The van der Waals surface area contributed by atoms with Gasteiger partial charge >= 0.3 is 0 Å². The lowest BCUT2D eigenvalue weighted by Gasteiger charge is -2.30. The summed E-state index contributed by atoms with van der Waals surface area (Å²) >= 11 is 0. The van der Waals surface area contributed by atoms with Crippen molar-refractivity contribution in [2.24, 2.45) is 5.73 Å². The number of aliphatic hydroxyl groups is 1. The molecule has 92 valence electrons. The summed E-state index contributed by atoms with van der Waals surface area (Å²) in [4.78, 5) is 0. The van der Waals surface area contributed by atoms with E-state index in [-0.39, 0.29) is 18.1 Å². The van der Waals surface area contributed by atoms with Crippen molar-refractivity contribution in [2.75, 3.05) is 6.61 Å². The van der Waals surface area contributed by atoms with Crippen molar-refractivity contribution in [3.63, 3.8) is 0 Å². The van der Waals surface area contributed by atoms with Crippen LogP contribution in [0.25, 0.3) is 0 Å². The van der Waals surface area contributed by atoms with Gasteiger partial charge in [0.05, 0.1) is 0 Å². The lowest BCUT2D eigenvalue weighted by molar-refractivity contribution is 0.245. The molecule has 0 aromatic carbocycles. The van der Waals surface area contributed by atoms with Crippen LogP contribution in [-0.2, 0) is 6.54 Å². The highest BCUT2D eigenvalue weighted by Crippen LogP contribution is 2.29. The van der Waals surface area contributed by atoms with Gasteiger partial charge in [-0.15, -0.1) is 0 Å². The van der Waals surface area contributed by atoms with E-state index >= 15 is 0 Å². The van der Waals surface area contributed by atoms with Crippen molar-refractivity contribution in [1.82, 2.24) is 9.78 Å². The fraction of sp³-hybridized carbons (Fsp3) is 0.750. The maximum atomic E-state index is 9.13. The van der Waals surface area contributed by atoms with Crippen molar-refractivity contribution in [3.8, 4) is 0 Å². The second-order valence-electron chi connectivity index (χ2n) is 4.87. The van der Waals surface area contributed by atoms with Crippen LogP contribution in [0.3, 0.4) is 0 Å². The molecule has 0 saturated heterocycles. The highest BCUT2D eigenvalue weighted by atomic mass is 16.3. The smallest absolute Gasteiger partial charge is 0.0492 e. The molecule has 0 radical (unpaired) electrons. The first-order valence-corrected chi connectivity index (χ1v) is 5.92. The van der Waals surface area contributed by atoms with Crippen LogP contribution in [0, 0.1) is 0 Å². The monoisotopic (exact) mass is 225 g/mol. The van der Waals surface area contributed by atoms with Crippen LogP contribution in [0.1, 0.15) is 45.2 Å². The van der Waals surface area contributed by atoms with E-state index in [1.54, 1.807) is 6.20 Å². The maximum Gasteiger partial charge on any atom is 0.0492 e. The van der Waals surface area contributed by atoms with Gasteiger partial charge in [-0.2, -0.15) is 5.10 Å². The molecule has 16 heavy (non-hydrogen) atoms. The van der Waals surface area contributed by atoms with Crippen LogP contribution in [-0.4, -0.2) is 27.0 Å². The molecule has 1 atom stereocenters. The molecule has 0 amide bonds. The zero-order valence-corrected chi connectivity index (χ0v) is 10.5. The molecule has 0 fully saturated rings. The Morgan fingerprint density at radius 1 is 1.56 bits per heavy atom. The second-order valence-corrected chi connectivity index (χ2v) is 4.87. The van der Waals surface area contributed by atoms with E-state index in [2.05, 4.69) is 12.0 Å². The van der Waals surface area contributed by atoms with Gasteiger partial charge in [-0.3, -0.25) is 4.68 Å². The summed E-state index contributed by atoms with van der Waals surface area (Å²) in [6.45, 7) is 7.18. The van der Waals surface area contributed by atoms with E-state index < -0.39 is 0 Å². The Morgan fingerprint density at radius 3 is 2.75 bits per heavy atom. The van der Waals surface area contributed by atoms with Crippen LogP contribution < -0.4 is 5.73 Å². The SMILES string of the molecule is CCCn1nccc1C(CCO)C(C)(C)N. The molecule has 1 aromatic heterocycles. The second kappa shape index (κ2) is 5.46. The average Bonchev–Trinajstić information content (AvgIpc) is 2.61. The van der Waals surface area contributed by atoms with Gasteiger partial charge in [-0.05, 0) is 32.8 Å². The van der Waals surface area contributed by atoms with Crippen molar-refractivity contribution in [3.05, 3.63) is 18.0 Å². The van der Waals surface area contributed by atoms with Gasteiger partial charge in [0, 0.05) is 36.5 Å². The minimum Gasteiger partial charge on any atom is -0.396 e. The summed E-state index contributed by atoms with van der Waals surface area (Å²) in [6, 6.07) is 2.00. The first-order chi connectivity index (χ1) is 7.50. The van der Waals surface area contributed by atoms with Gasteiger partial charge in [-0.25, -0.2) is 0 Å². The summed E-state index contributed by atoms with van der Waals surface area (Å²) in [7, 11) is 0. The van der Waals surface area contributed by atoms with Crippen molar-refractivity contribution in [1.29, 1.82) is 0 Å². The van der Waals surface area contributed by atoms with E-state index in [9.17, 15) is 0 Å². The largest absolute Gasteiger partial charge is 0.396 e. The van der Waals surface area contributed by atoms with Crippen LogP contribution in [0.15, 0.2) is 12.3 Å². The summed E-state index contributed by atoms with van der Waals surface area (Å²) in [5.74, 6) is 0.145. The van der Waals surface area contributed by atoms with Crippen LogP contribution >= 0.6 is 0 Å². The lowest BCUT2D eigenvalue weighted by Crippen LogP contribution is -2.40. The Kier molecular flexibility index (Phi) is 4.50. The van der Waals surface area contributed by atoms with Crippen molar-refractivity contribution in [2.45, 2.75) is 51.6 Å². The van der Waals surface area contributed by atoms with Crippen molar-refractivity contribution >= 4 is 0 Å². The molecule has 3 N–H and O–H groups in total. The van der Waals surface area contributed by atoms with Crippen LogP contribution in [0.5, 0.6) is 0 Å². The number of aromatic nitrogens is 2. The number of aryl methyl sites for hydroxylation is 1. The number of nitrogens with two attached hydrogens (primary N) is 1. The molecule has 1 unspecified atom stereocenters. The van der Waals surface area contributed by atoms with Gasteiger partial charge in [0.15, 0.2) is 0 Å². The molecule has 1 heterocycles. The topological polar surface area (TPSA) is 64.1 Å². The van der Waals surface area contributed by atoms with E-state index in [4.69, 9.17) is 10.8 Å². The predicted molar refractivity (Wildman–Crippen MR) is 65.2 cm³/mol. The van der Waals surface area contributed by atoms with E-state index in [1.165, 1.54) is 0 Å². The fourth-order valence-corrected chi connectivity index (χ4v) is 2.07. The van der Waals surface area contributed by atoms with E-state index in [0.29, 0.717) is 6.42 Å². The average molecular weight is 225 g/mol. The molecule has 4 heteroatoms. The Hall–Kier alpha value is -0.870. The third-order valence-corrected chi connectivity index (χ3v) is 2.86. The molecule has 4 nitrogen and oxygen atoms in total. The van der Waals surface area contributed by atoms with Gasteiger partial charge < -0.3 is 10.8 Å². The minimum atomic E-state index is -0.339. The number of hydrogen-bond acceptors (Lipinski definition) is 3. The first-order valence-electron chi connectivity index (χ1n) is 5.92. The van der Waals surface area contributed by atoms with Gasteiger partial charge in [0.1, 0.15) is 0 Å². The molecular formula is C12H23N3O. The lowest BCUT2D eigenvalue weighted by atomic mass is 9.83. The first kappa shape index (κ1) is 13.2. The number of nitrogens with zero attached hydrogens (tertiary/aromatic N) is 2. The maximum absolute atomic E-state index is 9.13. The normalized spacial score (nSPS) is 14.1. The van der Waals surface area contributed by atoms with Crippen LogP contribution in [0.4, 0.5) is 0 Å².